The van der Waals surface area contributed by atoms with E-state index in [2.05, 4.69) is 48.4 Å². The number of benzene rings is 1. The van der Waals surface area contributed by atoms with Crippen molar-refractivity contribution in [3.63, 3.8) is 0 Å². The zero-order valence-electron chi connectivity index (χ0n) is 12.5. The molecule has 2 aromatic rings. The van der Waals surface area contributed by atoms with Gasteiger partial charge in [-0.15, -0.1) is 0 Å². The second-order valence-corrected chi connectivity index (χ2v) is 5.79. The molecule has 0 saturated heterocycles. The molecular formula is C17H21N3O. The van der Waals surface area contributed by atoms with E-state index in [9.17, 15) is 4.79 Å². The maximum Gasteiger partial charge on any atom is 0.267 e. The van der Waals surface area contributed by atoms with E-state index in [-0.39, 0.29) is 11.2 Å². The predicted octanol–water partition coefficient (Wildman–Crippen LogP) is 3.00. The van der Waals surface area contributed by atoms with Crippen LogP contribution in [-0.2, 0) is 6.42 Å². The molecule has 2 rings (SSSR count). The van der Waals surface area contributed by atoms with E-state index in [1.54, 1.807) is 12.3 Å². The Hall–Kier alpha value is -2.36. The van der Waals surface area contributed by atoms with Crippen LogP contribution in [0.1, 0.15) is 36.3 Å². The van der Waals surface area contributed by atoms with Crippen molar-refractivity contribution in [2.24, 2.45) is 5.73 Å². The summed E-state index contributed by atoms with van der Waals surface area (Å²) in [7, 11) is 0. The van der Waals surface area contributed by atoms with E-state index >= 15 is 0 Å². The largest absolute Gasteiger partial charge is 0.380 e. The number of aryl methyl sites for hydroxylation is 1. The van der Waals surface area contributed by atoms with E-state index < -0.39 is 5.91 Å². The van der Waals surface area contributed by atoms with Crippen LogP contribution in [0.2, 0.25) is 0 Å². The standard InChI is InChI=1S/C17H21N3O/c1-17(2,10-8-13-6-4-3-5-7-13)20-14-9-11-19-15(12-14)16(18)21/h3-7,9,11-12H,8,10H2,1-2H3,(H2,18,21)(H,19,20). The summed E-state index contributed by atoms with van der Waals surface area (Å²) in [6, 6.07) is 13.9. The molecule has 0 saturated carbocycles. The molecule has 0 fully saturated rings. The van der Waals surface area contributed by atoms with Crippen molar-refractivity contribution in [2.75, 3.05) is 5.32 Å². The monoisotopic (exact) mass is 283 g/mol. The van der Waals surface area contributed by atoms with Gasteiger partial charge in [0.05, 0.1) is 0 Å². The number of carbonyl (C=O) groups excluding carboxylic acids is 1. The van der Waals surface area contributed by atoms with Gasteiger partial charge in [0.2, 0.25) is 0 Å². The Kier molecular flexibility index (Phi) is 4.58. The van der Waals surface area contributed by atoms with Gasteiger partial charge in [-0.3, -0.25) is 9.78 Å². The van der Waals surface area contributed by atoms with Crippen LogP contribution in [0, 0.1) is 0 Å². The molecule has 0 aliphatic heterocycles. The molecule has 0 atom stereocenters. The van der Waals surface area contributed by atoms with Gasteiger partial charge in [-0.25, -0.2) is 0 Å². The lowest BCUT2D eigenvalue weighted by atomic mass is 9.95. The highest BCUT2D eigenvalue weighted by Gasteiger charge is 2.17. The molecule has 1 aromatic heterocycles. The Morgan fingerprint density at radius 1 is 1.24 bits per heavy atom. The molecule has 4 nitrogen and oxygen atoms in total. The molecule has 110 valence electrons. The summed E-state index contributed by atoms with van der Waals surface area (Å²) in [4.78, 5) is 15.1. The number of hydrogen-bond donors (Lipinski definition) is 2. The third kappa shape index (κ3) is 4.60. The third-order valence-corrected chi connectivity index (χ3v) is 3.38. The number of pyridine rings is 1. The lowest BCUT2D eigenvalue weighted by molar-refractivity contribution is 0.0995. The highest BCUT2D eigenvalue weighted by molar-refractivity contribution is 5.91. The van der Waals surface area contributed by atoms with Gasteiger partial charge in [0.1, 0.15) is 5.69 Å². The van der Waals surface area contributed by atoms with Crippen molar-refractivity contribution < 1.29 is 4.79 Å². The van der Waals surface area contributed by atoms with Gasteiger partial charge >= 0.3 is 0 Å². The lowest BCUT2D eigenvalue weighted by Crippen LogP contribution is -2.31. The average Bonchev–Trinajstić information content (AvgIpc) is 2.46. The zero-order chi connectivity index (χ0) is 15.3. The number of anilines is 1. The van der Waals surface area contributed by atoms with Gasteiger partial charge in [-0.05, 0) is 44.4 Å². The minimum absolute atomic E-state index is 0.0912. The van der Waals surface area contributed by atoms with Crippen molar-refractivity contribution in [2.45, 2.75) is 32.2 Å². The zero-order valence-corrected chi connectivity index (χ0v) is 12.5. The van der Waals surface area contributed by atoms with Crippen LogP contribution in [0.15, 0.2) is 48.7 Å². The van der Waals surface area contributed by atoms with Crippen LogP contribution in [0.5, 0.6) is 0 Å². The molecule has 0 aliphatic carbocycles. The first-order chi connectivity index (χ1) is 9.96. The van der Waals surface area contributed by atoms with Crippen LogP contribution in [-0.4, -0.2) is 16.4 Å². The van der Waals surface area contributed by atoms with Gasteiger partial charge in [0.15, 0.2) is 0 Å². The quantitative estimate of drug-likeness (QED) is 0.856. The van der Waals surface area contributed by atoms with Crippen LogP contribution in [0.4, 0.5) is 5.69 Å². The Labute approximate surface area is 125 Å². The fourth-order valence-corrected chi connectivity index (χ4v) is 2.20. The third-order valence-electron chi connectivity index (χ3n) is 3.38. The first-order valence-electron chi connectivity index (χ1n) is 7.04. The Morgan fingerprint density at radius 2 is 1.95 bits per heavy atom. The minimum atomic E-state index is -0.513. The van der Waals surface area contributed by atoms with Crippen molar-refractivity contribution in [3.05, 3.63) is 59.9 Å². The fraction of sp³-hybridized carbons (Fsp3) is 0.294. The molecule has 0 aliphatic rings. The van der Waals surface area contributed by atoms with Gasteiger partial charge in [0, 0.05) is 17.4 Å². The molecular weight excluding hydrogens is 262 g/mol. The highest BCUT2D eigenvalue weighted by Crippen LogP contribution is 2.20. The SMILES string of the molecule is CC(C)(CCc1ccccc1)Nc1ccnc(C(N)=O)c1. The predicted molar refractivity (Wildman–Crippen MR) is 85.2 cm³/mol. The van der Waals surface area contributed by atoms with E-state index in [1.165, 1.54) is 5.56 Å². The summed E-state index contributed by atoms with van der Waals surface area (Å²) >= 11 is 0. The summed E-state index contributed by atoms with van der Waals surface area (Å²) in [6.45, 7) is 4.28. The fourth-order valence-electron chi connectivity index (χ4n) is 2.20. The van der Waals surface area contributed by atoms with E-state index in [0.717, 1.165) is 18.5 Å². The van der Waals surface area contributed by atoms with Gasteiger partial charge in [-0.1, -0.05) is 30.3 Å². The number of nitrogens with zero attached hydrogens (tertiary/aromatic N) is 1. The van der Waals surface area contributed by atoms with Crippen LogP contribution in [0.3, 0.4) is 0 Å². The van der Waals surface area contributed by atoms with Crippen molar-refractivity contribution >= 4 is 11.6 Å². The number of primary amides is 1. The van der Waals surface area contributed by atoms with E-state index in [0.29, 0.717) is 0 Å². The lowest BCUT2D eigenvalue weighted by Gasteiger charge is -2.28. The topological polar surface area (TPSA) is 68.0 Å². The van der Waals surface area contributed by atoms with Gasteiger partial charge < -0.3 is 11.1 Å². The van der Waals surface area contributed by atoms with Crippen molar-refractivity contribution in [1.82, 2.24) is 4.98 Å². The highest BCUT2D eigenvalue weighted by atomic mass is 16.1. The number of rotatable bonds is 6. The normalized spacial score (nSPS) is 11.1. The summed E-state index contributed by atoms with van der Waals surface area (Å²) in [5.74, 6) is -0.513. The molecule has 4 heteroatoms. The number of carbonyl (C=O) groups is 1. The van der Waals surface area contributed by atoms with Gasteiger partial charge in [0.25, 0.3) is 5.91 Å². The molecule has 0 spiro atoms. The smallest absolute Gasteiger partial charge is 0.267 e. The first-order valence-corrected chi connectivity index (χ1v) is 7.04. The number of nitrogens with one attached hydrogen (secondary N) is 1. The number of amides is 1. The Morgan fingerprint density at radius 3 is 2.62 bits per heavy atom. The molecule has 0 radical (unpaired) electrons. The van der Waals surface area contributed by atoms with E-state index in [4.69, 9.17) is 5.73 Å². The second kappa shape index (κ2) is 6.39. The number of nitrogens with two attached hydrogens (primary N) is 1. The van der Waals surface area contributed by atoms with Crippen LogP contribution in [0.25, 0.3) is 0 Å². The summed E-state index contributed by atoms with van der Waals surface area (Å²) in [6.07, 6.45) is 3.57. The van der Waals surface area contributed by atoms with Crippen LogP contribution >= 0.6 is 0 Å². The van der Waals surface area contributed by atoms with Crippen molar-refractivity contribution in [3.8, 4) is 0 Å². The molecule has 1 heterocycles. The molecule has 0 bridgehead atoms. The summed E-state index contributed by atoms with van der Waals surface area (Å²) in [5, 5.41) is 3.44. The second-order valence-electron chi connectivity index (χ2n) is 5.79. The molecule has 1 amide bonds. The average molecular weight is 283 g/mol. The Bertz CT molecular complexity index is 608. The molecule has 1 aromatic carbocycles. The van der Waals surface area contributed by atoms with Gasteiger partial charge in [-0.2, -0.15) is 0 Å². The molecule has 3 N–H and O–H groups in total. The maximum absolute atomic E-state index is 11.2. The van der Waals surface area contributed by atoms with Crippen LogP contribution < -0.4 is 11.1 Å². The maximum atomic E-state index is 11.2. The van der Waals surface area contributed by atoms with Crippen molar-refractivity contribution in [1.29, 1.82) is 0 Å². The number of aromatic nitrogens is 1. The number of hydrogen-bond acceptors (Lipinski definition) is 3. The molecule has 21 heavy (non-hydrogen) atoms. The summed E-state index contributed by atoms with van der Waals surface area (Å²) in [5.41, 5.74) is 7.62. The Balaban J connectivity index is 2.00. The minimum Gasteiger partial charge on any atom is -0.380 e. The molecule has 0 unspecified atom stereocenters. The first kappa shape index (κ1) is 15.0. The van der Waals surface area contributed by atoms with E-state index in [1.807, 2.05) is 12.1 Å². The summed E-state index contributed by atoms with van der Waals surface area (Å²) < 4.78 is 0.